The van der Waals surface area contributed by atoms with Gasteiger partial charge in [-0.05, 0) is 47.4 Å². The molecule has 1 aliphatic rings. The summed E-state index contributed by atoms with van der Waals surface area (Å²) in [5.74, 6) is -0.689. The van der Waals surface area contributed by atoms with Crippen LogP contribution < -0.4 is 10.1 Å². The summed E-state index contributed by atoms with van der Waals surface area (Å²) in [6.07, 6.45) is 2.17. The fourth-order valence-corrected chi connectivity index (χ4v) is 2.60. The van der Waals surface area contributed by atoms with Crippen LogP contribution in [0.3, 0.4) is 0 Å². The van der Waals surface area contributed by atoms with E-state index in [1.54, 1.807) is 26.8 Å². The minimum Gasteiger partial charge on any atom is -0.481 e. The van der Waals surface area contributed by atoms with Gasteiger partial charge in [0.2, 0.25) is 11.8 Å². The lowest BCUT2D eigenvalue weighted by molar-refractivity contribution is -0.157. The number of esters is 1. The third kappa shape index (κ3) is 10.3. The van der Waals surface area contributed by atoms with Gasteiger partial charge in [-0.1, -0.05) is 26.0 Å². The Balaban J connectivity index is 0.000000626. The van der Waals surface area contributed by atoms with Crippen molar-refractivity contribution in [3.05, 3.63) is 29.3 Å². The Hall–Kier alpha value is -3.07. The van der Waals surface area contributed by atoms with Gasteiger partial charge in [0.25, 0.3) is 0 Å². The van der Waals surface area contributed by atoms with Gasteiger partial charge < -0.3 is 9.47 Å². The zero-order chi connectivity index (χ0) is 24.9. The molecular weight excluding hydrogens is 416 g/mol. The van der Waals surface area contributed by atoms with E-state index in [0.29, 0.717) is 25.4 Å². The summed E-state index contributed by atoms with van der Waals surface area (Å²) >= 11 is 0. The molecule has 0 aliphatic carbocycles. The highest BCUT2D eigenvalue weighted by Gasteiger charge is 2.27. The molecule has 0 radical (unpaired) electrons. The quantitative estimate of drug-likeness (QED) is 0.399. The molecule has 1 fully saturated rings. The van der Waals surface area contributed by atoms with E-state index in [1.807, 2.05) is 32.8 Å². The van der Waals surface area contributed by atoms with Crippen LogP contribution in [0.5, 0.6) is 5.75 Å². The van der Waals surface area contributed by atoms with Crippen LogP contribution in [0, 0.1) is 0 Å². The highest BCUT2D eigenvalue weighted by atomic mass is 16.6. The molecule has 1 N–H and O–H groups in total. The molecule has 1 saturated heterocycles. The fourth-order valence-electron chi connectivity index (χ4n) is 2.60. The third-order valence-electron chi connectivity index (χ3n) is 3.94. The summed E-state index contributed by atoms with van der Waals surface area (Å²) in [7, 11) is 3.67. The average Bonchev–Trinajstić information content (AvgIpc) is 2.72. The van der Waals surface area contributed by atoms with E-state index in [9.17, 15) is 24.0 Å². The largest absolute Gasteiger partial charge is 0.481 e. The number of rotatable bonds is 6. The molecule has 9 heteroatoms. The second kappa shape index (κ2) is 14.1. The molecule has 0 aromatic heterocycles. The van der Waals surface area contributed by atoms with Crippen molar-refractivity contribution in [1.82, 2.24) is 10.2 Å². The number of likely N-dealkylation sites (N-methyl/N-ethyl adjacent to an activating group) is 1. The van der Waals surface area contributed by atoms with E-state index < -0.39 is 11.6 Å². The molecule has 0 saturated carbocycles. The standard InChI is InChI=1S/C14H16O5.C7H12N2O2.C2H6/c1-14(2,3)19-13(17)9-18-12-6-4-5-10(7-15)11(12)8-16;1-9(2)5-3-4-6(10)8-7(5)11;1-2/h4-8H,9H2,1-3H3;5H,3-4H2,1-2H3,(H,8,10,11);1-2H3. The van der Waals surface area contributed by atoms with E-state index in [2.05, 4.69) is 5.32 Å². The molecule has 178 valence electrons. The third-order valence-corrected chi connectivity index (χ3v) is 3.94. The van der Waals surface area contributed by atoms with Gasteiger partial charge in [-0.3, -0.25) is 29.4 Å². The Morgan fingerprint density at radius 1 is 1.16 bits per heavy atom. The summed E-state index contributed by atoms with van der Waals surface area (Å²) in [4.78, 5) is 56.7. The highest BCUT2D eigenvalue weighted by Crippen LogP contribution is 2.20. The number of aldehydes is 2. The number of nitrogens with one attached hydrogen (secondary N) is 1. The van der Waals surface area contributed by atoms with Crippen molar-refractivity contribution < 1.29 is 33.4 Å². The van der Waals surface area contributed by atoms with E-state index in [0.717, 1.165) is 0 Å². The summed E-state index contributed by atoms with van der Waals surface area (Å²) in [5.41, 5.74) is -0.253. The predicted octanol–water partition coefficient (Wildman–Crippen LogP) is 2.41. The first-order valence-electron chi connectivity index (χ1n) is 10.4. The maximum Gasteiger partial charge on any atom is 0.344 e. The number of amides is 2. The molecule has 1 aliphatic heterocycles. The van der Waals surface area contributed by atoms with Gasteiger partial charge >= 0.3 is 5.97 Å². The summed E-state index contributed by atoms with van der Waals surface area (Å²) in [6.45, 7) is 8.92. The Morgan fingerprint density at radius 3 is 2.25 bits per heavy atom. The molecule has 2 rings (SSSR count). The molecule has 0 spiro atoms. The highest BCUT2D eigenvalue weighted by molar-refractivity contribution is 6.00. The molecule has 1 aromatic rings. The van der Waals surface area contributed by atoms with Gasteiger partial charge in [0, 0.05) is 12.0 Å². The summed E-state index contributed by atoms with van der Waals surface area (Å²) in [6, 6.07) is 4.45. The van der Waals surface area contributed by atoms with E-state index in [-0.39, 0.29) is 41.3 Å². The zero-order valence-corrected chi connectivity index (χ0v) is 19.9. The molecule has 1 unspecified atom stereocenters. The van der Waals surface area contributed by atoms with E-state index in [1.165, 1.54) is 12.1 Å². The number of hydrogen-bond acceptors (Lipinski definition) is 8. The van der Waals surface area contributed by atoms with Gasteiger partial charge in [-0.25, -0.2) is 4.79 Å². The number of carbonyl (C=O) groups excluding carboxylic acids is 5. The first-order chi connectivity index (χ1) is 15.0. The van der Waals surface area contributed by atoms with E-state index in [4.69, 9.17) is 9.47 Å². The Morgan fingerprint density at radius 2 is 1.78 bits per heavy atom. The second-order valence-electron chi connectivity index (χ2n) is 7.80. The lowest BCUT2D eigenvalue weighted by Gasteiger charge is -2.26. The van der Waals surface area contributed by atoms with Crippen molar-refractivity contribution in [1.29, 1.82) is 0 Å². The lowest BCUT2D eigenvalue weighted by Crippen LogP contribution is -2.50. The lowest BCUT2D eigenvalue weighted by atomic mass is 10.1. The normalized spacial score (nSPS) is 15.3. The average molecular weight is 451 g/mol. The number of ether oxygens (including phenoxy) is 2. The number of imide groups is 1. The van der Waals surface area contributed by atoms with Crippen LogP contribution in [0.25, 0.3) is 0 Å². The zero-order valence-electron chi connectivity index (χ0n) is 19.9. The maximum atomic E-state index is 11.5. The summed E-state index contributed by atoms with van der Waals surface area (Å²) in [5, 5.41) is 2.29. The topological polar surface area (TPSA) is 119 Å². The minimum atomic E-state index is -0.599. The molecule has 32 heavy (non-hydrogen) atoms. The number of nitrogens with zero attached hydrogens (tertiary/aromatic N) is 1. The second-order valence-corrected chi connectivity index (χ2v) is 7.80. The van der Waals surface area contributed by atoms with Crippen LogP contribution >= 0.6 is 0 Å². The monoisotopic (exact) mass is 450 g/mol. The number of piperidine rings is 1. The molecular formula is C23H34N2O7. The van der Waals surface area contributed by atoms with Crippen molar-refractivity contribution in [3.63, 3.8) is 0 Å². The van der Waals surface area contributed by atoms with Crippen LogP contribution in [-0.2, 0) is 19.1 Å². The van der Waals surface area contributed by atoms with Crippen molar-refractivity contribution >= 4 is 30.4 Å². The van der Waals surface area contributed by atoms with Crippen LogP contribution in [0.4, 0.5) is 0 Å². The summed E-state index contributed by atoms with van der Waals surface area (Å²) < 4.78 is 10.3. The van der Waals surface area contributed by atoms with Gasteiger partial charge in [-0.2, -0.15) is 0 Å². The molecule has 1 atom stereocenters. The Labute approximate surface area is 189 Å². The first kappa shape index (κ1) is 28.9. The fraction of sp³-hybridized carbons (Fsp3) is 0.522. The first-order valence-corrected chi connectivity index (χ1v) is 10.4. The van der Waals surface area contributed by atoms with Crippen LogP contribution in [-0.4, -0.2) is 67.6 Å². The molecule has 0 bridgehead atoms. The van der Waals surface area contributed by atoms with Gasteiger partial charge in [0.1, 0.15) is 11.4 Å². The number of carbonyl (C=O) groups is 5. The van der Waals surface area contributed by atoms with Gasteiger partial charge in [0.05, 0.1) is 11.6 Å². The van der Waals surface area contributed by atoms with Crippen molar-refractivity contribution in [3.8, 4) is 5.75 Å². The molecule has 9 nitrogen and oxygen atoms in total. The van der Waals surface area contributed by atoms with Crippen molar-refractivity contribution in [2.45, 2.75) is 59.1 Å². The maximum absolute atomic E-state index is 11.5. The SMILES string of the molecule is CC.CC(C)(C)OC(=O)COc1cccc(C=O)c1C=O.CN(C)C1CCC(=O)NC1=O. The van der Waals surface area contributed by atoms with E-state index >= 15 is 0 Å². The van der Waals surface area contributed by atoms with Crippen LogP contribution in [0.15, 0.2) is 18.2 Å². The predicted molar refractivity (Wildman–Crippen MR) is 120 cm³/mol. The van der Waals surface area contributed by atoms with Crippen molar-refractivity contribution in [2.24, 2.45) is 0 Å². The number of hydrogen-bond donors (Lipinski definition) is 1. The van der Waals surface area contributed by atoms with Gasteiger partial charge in [-0.15, -0.1) is 0 Å². The number of benzene rings is 1. The van der Waals surface area contributed by atoms with Gasteiger partial charge in [0.15, 0.2) is 19.2 Å². The smallest absolute Gasteiger partial charge is 0.344 e. The Bertz CT molecular complexity index is 798. The molecule has 1 aromatic carbocycles. The van der Waals surface area contributed by atoms with Crippen LogP contribution in [0.2, 0.25) is 0 Å². The van der Waals surface area contributed by atoms with Crippen LogP contribution in [0.1, 0.15) is 68.2 Å². The van der Waals surface area contributed by atoms with Crippen molar-refractivity contribution in [2.75, 3.05) is 20.7 Å². The minimum absolute atomic E-state index is 0.126. The molecule has 1 heterocycles. The Kier molecular flexibility index (Phi) is 12.7. The molecule has 2 amide bonds.